The van der Waals surface area contributed by atoms with E-state index in [4.69, 9.17) is 0 Å². The first-order valence-electron chi connectivity index (χ1n) is 6.52. The highest BCUT2D eigenvalue weighted by Crippen LogP contribution is 2.19. The Labute approximate surface area is 117 Å². The number of rotatable bonds is 4. The van der Waals surface area contributed by atoms with Crippen LogP contribution in [0.1, 0.15) is 5.69 Å². The van der Waals surface area contributed by atoms with E-state index in [9.17, 15) is 0 Å². The van der Waals surface area contributed by atoms with Crippen LogP contribution in [0, 0.1) is 0 Å². The Morgan fingerprint density at radius 1 is 1.05 bits per heavy atom. The van der Waals surface area contributed by atoms with Gasteiger partial charge in [-0.05, 0) is 36.4 Å². The van der Waals surface area contributed by atoms with Crippen LogP contribution in [0.3, 0.4) is 0 Å². The van der Waals surface area contributed by atoms with Crippen molar-refractivity contribution in [3.05, 3.63) is 54.6 Å². The highest BCUT2D eigenvalue weighted by molar-refractivity contribution is 5.59. The Morgan fingerprint density at radius 3 is 2.45 bits per heavy atom. The van der Waals surface area contributed by atoms with Gasteiger partial charge in [-0.1, -0.05) is 0 Å². The molecule has 3 rings (SSSR count). The number of nitrogens with one attached hydrogen (secondary N) is 1. The van der Waals surface area contributed by atoms with Crippen LogP contribution in [-0.4, -0.2) is 19.3 Å². The van der Waals surface area contributed by atoms with E-state index in [1.165, 1.54) is 5.69 Å². The molecule has 0 amide bonds. The fourth-order valence-electron chi connectivity index (χ4n) is 2.15. The summed E-state index contributed by atoms with van der Waals surface area (Å²) in [5, 5.41) is 11.4. The number of anilines is 1. The minimum absolute atomic E-state index is 0.812. The van der Waals surface area contributed by atoms with E-state index >= 15 is 0 Å². The third kappa shape index (κ3) is 2.42. The average molecular weight is 267 g/mol. The fraction of sp³-hybridized carbons (Fsp3) is 0.200. The molecule has 0 unspecified atom stereocenters. The molecule has 0 aliphatic heterocycles. The lowest BCUT2D eigenvalue weighted by atomic mass is 10.2. The molecule has 0 saturated heterocycles. The van der Waals surface area contributed by atoms with E-state index in [0.29, 0.717) is 0 Å². The first-order chi connectivity index (χ1) is 9.74. The summed E-state index contributed by atoms with van der Waals surface area (Å²) < 4.78 is 4.02. The van der Waals surface area contributed by atoms with E-state index in [2.05, 4.69) is 50.4 Å². The first kappa shape index (κ1) is 12.5. The summed E-state index contributed by atoms with van der Waals surface area (Å²) >= 11 is 0. The Hall–Kier alpha value is -2.56. The normalized spacial score (nSPS) is 10.7. The van der Waals surface area contributed by atoms with Crippen LogP contribution in [0.15, 0.2) is 48.9 Å². The molecular weight excluding hydrogens is 250 g/mol. The minimum Gasteiger partial charge on any atom is -0.379 e. The molecule has 0 radical (unpaired) electrons. The molecule has 0 fully saturated rings. The van der Waals surface area contributed by atoms with Gasteiger partial charge in [-0.3, -0.25) is 0 Å². The second-order valence-corrected chi connectivity index (χ2v) is 4.81. The van der Waals surface area contributed by atoms with Crippen molar-refractivity contribution in [2.75, 3.05) is 5.32 Å². The van der Waals surface area contributed by atoms with Crippen LogP contribution in [0.5, 0.6) is 0 Å². The first-order valence-corrected chi connectivity index (χ1v) is 6.52. The van der Waals surface area contributed by atoms with Gasteiger partial charge in [0.1, 0.15) is 6.33 Å². The van der Waals surface area contributed by atoms with Crippen molar-refractivity contribution >= 4 is 5.69 Å². The standard InChI is InChI=1S/C15H17N5/c1-19-9-3-4-14(19)10-16-13-7-5-12(6-8-13)15-18-17-11-20(15)2/h3-9,11,16H,10H2,1-2H3. The third-order valence-electron chi connectivity index (χ3n) is 3.38. The SMILES string of the molecule is Cn1cccc1CNc1ccc(-c2nncn2C)cc1. The fourth-order valence-corrected chi connectivity index (χ4v) is 2.15. The van der Waals surface area contributed by atoms with Crippen molar-refractivity contribution in [2.24, 2.45) is 14.1 Å². The van der Waals surface area contributed by atoms with Crippen LogP contribution < -0.4 is 5.32 Å². The van der Waals surface area contributed by atoms with Crippen molar-refractivity contribution in [3.8, 4) is 11.4 Å². The largest absolute Gasteiger partial charge is 0.379 e. The summed E-state index contributed by atoms with van der Waals surface area (Å²) in [6.07, 6.45) is 3.76. The molecule has 0 aliphatic rings. The summed E-state index contributed by atoms with van der Waals surface area (Å²) in [7, 11) is 3.99. The van der Waals surface area contributed by atoms with Gasteiger partial charge in [0.2, 0.25) is 0 Å². The van der Waals surface area contributed by atoms with Crippen LogP contribution in [0.25, 0.3) is 11.4 Å². The van der Waals surface area contributed by atoms with Crippen LogP contribution in [0.2, 0.25) is 0 Å². The molecule has 0 bridgehead atoms. The second-order valence-electron chi connectivity index (χ2n) is 4.81. The molecule has 2 aromatic heterocycles. The van der Waals surface area contributed by atoms with Gasteiger partial charge in [0.15, 0.2) is 5.82 Å². The van der Waals surface area contributed by atoms with Crippen molar-refractivity contribution < 1.29 is 0 Å². The van der Waals surface area contributed by atoms with Crippen molar-refractivity contribution in [1.82, 2.24) is 19.3 Å². The molecule has 0 saturated carbocycles. The predicted octanol–water partition coefficient (Wildman–Crippen LogP) is 2.43. The molecule has 2 heterocycles. The maximum absolute atomic E-state index is 4.10. The van der Waals surface area contributed by atoms with Gasteiger partial charge in [0.05, 0.1) is 6.54 Å². The number of hydrogen-bond acceptors (Lipinski definition) is 3. The molecular formula is C15H17N5. The Bertz CT molecular complexity index is 693. The molecule has 5 heteroatoms. The summed E-state index contributed by atoms with van der Waals surface area (Å²) in [6.45, 7) is 0.812. The highest BCUT2D eigenvalue weighted by atomic mass is 15.2. The quantitative estimate of drug-likeness (QED) is 0.789. The lowest BCUT2D eigenvalue weighted by Crippen LogP contribution is -2.03. The van der Waals surface area contributed by atoms with Crippen LogP contribution in [0.4, 0.5) is 5.69 Å². The van der Waals surface area contributed by atoms with Gasteiger partial charge < -0.3 is 14.5 Å². The second kappa shape index (κ2) is 5.21. The zero-order valence-corrected chi connectivity index (χ0v) is 11.6. The number of nitrogens with zero attached hydrogens (tertiary/aromatic N) is 4. The summed E-state index contributed by atoms with van der Waals surface area (Å²) in [4.78, 5) is 0. The van der Waals surface area contributed by atoms with Gasteiger partial charge in [-0.15, -0.1) is 10.2 Å². The van der Waals surface area contributed by atoms with Crippen molar-refractivity contribution in [3.63, 3.8) is 0 Å². The Morgan fingerprint density at radius 2 is 1.85 bits per heavy atom. The van der Waals surface area contributed by atoms with Gasteiger partial charge in [-0.25, -0.2) is 0 Å². The average Bonchev–Trinajstić information content (AvgIpc) is 3.06. The molecule has 1 aromatic carbocycles. The zero-order chi connectivity index (χ0) is 13.9. The molecule has 0 atom stereocenters. The van der Waals surface area contributed by atoms with E-state index in [-0.39, 0.29) is 0 Å². The topological polar surface area (TPSA) is 47.7 Å². The van der Waals surface area contributed by atoms with Gasteiger partial charge in [-0.2, -0.15) is 0 Å². The molecule has 0 aliphatic carbocycles. The minimum atomic E-state index is 0.812. The number of aromatic nitrogens is 4. The maximum atomic E-state index is 4.10. The monoisotopic (exact) mass is 267 g/mol. The highest BCUT2D eigenvalue weighted by Gasteiger charge is 2.04. The summed E-state index contributed by atoms with van der Waals surface area (Å²) in [5.74, 6) is 0.874. The van der Waals surface area contributed by atoms with E-state index in [0.717, 1.165) is 23.6 Å². The molecule has 0 spiro atoms. The molecule has 102 valence electrons. The van der Waals surface area contributed by atoms with E-state index in [1.54, 1.807) is 6.33 Å². The smallest absolute Gasteiger partial charge is 0.163 e. The summed E-state index contributed by atoms with van der Waals surface area (Å²) in [5.41, 5.74) is 3.41. The zero-order valence-electron chi connectivity index (χ0n) is 11.6. The van der Waals surface area contributed by atoms with Crippen LogP contribution in [-0.2, 0) is 20.6 Å². The van der Waals surface area contributed by atoms with E-state index in [1.807, 2.05) is 30.9 Å². The molecule has 20 heavy (non-hydrogen) atoms. The lowest BCUT2D eigenvalue weighted by Gasteiger charge is -2.08. The molecule has 5 nitrogen and oxygen atoms in total. The maximum Gasteiger partial charge on any atom is 0.163 e. The predicted molar refractivity (Wildman–Crippen MR) is 79.2 cm³/mol. The van der Waals surface area contributed by atoms with Crippen LogP contribution >= 0.6 is 0 Å². The van der Waals surface area contributed by atoms with Gasteiger partial charge in [0, 0.05) is 37.2 Å². The number of hydrogen-bond donors (Lipinski definition) is 1. The third-order valence-corrected chi connectivity index (χ3v) is 3.38. The van der Waals surface area contributed by atoms with Gasteiger partial charge >= 0.3 is 0 Å². The number of aryl methyl sites for hydroxylation is 2. The van der Waals surface area contributed by atoms with Gasteiger partial charge in [0.25, 0.3) is 0 Å². The van der Waals surface area contributed by atoms with Crippen molar-refractivity contribution in [2.45, 2.75) is 6.54 Å². The van der Waals surface area contributed by atoms with Crippen molar-refractivity contribution in [1.29, 1.82) is 0 Å². The Balaban J connectivity index is 1.71. The Kier molecular flexibility index (Phi) is 3.25. The number of benzene rings is 1. The molecule has 3 aromatic rings. The summed E-state index contributed by atoms with van der Waals surface area (Å²) in [6, 6.07) is 12.4. The lowest BCUT2D eigenvalue weighted by molar-refractivity contribution is 0.842. The van der Waals surface area contributed by atoms with E-state index < -0.39 is 0 Å². The molecule has 1 N–H and O–H groups in total.